The van der Waals surface area contributed by atoms with Gasteiger partial charge in [0.1, 0.15) is 5.69 Å². The predicted octanol–water partition coefficient (Wildman–Crippen LogP) is 1.80. The molecular formula is C19H20N4O2. The van der Waals surface area contributed by atoms with Crippen LogP contribution in [0.4, 0.5) is 0 Å². The van der Waals surface area contributed by atoms with Crippen molar-refractivity contribution in [1.29, 1.82) is 0 Å². The molecule has 2 fully saturated rings. The average molecular weight is 336 g/mol. The number of nitrogens with zero attached hydrogens (tertiary/aromatic N) is 4. The number of aryl methyl sites for hydroxylation is 1. The van der Waals surface area contributed by atoms with Crippen molar-refractivity contribution in [3.8, 4) is 0 Å². The van der Waals surface area contributed by atoms with Gasteiger partial charge in [-0.2, -0.15) is 0 Å². The first-order valence-corrected chi connectivity index (χ1v) is 8.56. The smallest absolute Gasteiger partial charge is 0.272 e. The summed E-state index contributed by atoms with van der Waals surface area (Å²) in [5.74, 6) is 0.0382. The lowest BCUT2D eigenvalue weighted by Gasteiger charge is -2.25. The molecular weight excluding hydrogens is 316 g/mol. The minimum Gasteiger partial charge on any atom is -0.333 e. The Hall–Kier alpha value is -2.76. The molecule has 0 unspecified atom stereocenters. The molecule has 0 spiro atoms. The third-order valence-electron chi connectivity index (χ3n) is 5.09. The molecule has 128 valence electrons. The number of fused-ring (bicyclic) bond motifs is 1. The van der Waals surface area contributed by atoms with Gasteiger partial charge in [-0.15, -0.1) is 0 Å². The molecule has 0 radical (unpaired) electrons. The van der Waals surface area contributed by atoms with Crippen molar-refractivity contribution in [2.45, 2.75) is 38.4 Å². The van der Waals surface area contributed by atoms with E-state index in [1.165, 1.54) is 0 Å². The lowest BCUT2D eigenvalue weighted by Crippen LogP contribution is -2.40. The number of rotatable bonds is 3. The second-order valence-electron chi connectivity index (χ2n) is 6.67. The van der Waals surface area contributed by atoms with Gasteiger partial charge in [-0.05, 0) is 43.2 Å². The van der Waals surface area contributed by atoms with Gasteiger partial charge in [-0.3, -0.25) is 14.6 Å². The van der Waals surface area contributed by atoms with Gasteiger partial charge in [0.2, 0.25) is 5.91 Å². The molecule has 2 amide bonds. The van der Waals surface area contributed by atoms with Gasteiger partial charge in [-0.25, -0.2) is 4.98 Å². The molecule has 4 rings (SSSR count). The topological polar surface area (TPSA) is 66.4 Å². The van der Waals surface area contributed by atoms with Crippen LogP contribution in [-0.2, 0) is 11.3 Å². The number of carbonyl (C=O) groups excluding carboxylic acids is 2. The highest BCUT2D eigenvalue weighted by Crippen LogP contribution is 2.34. The zero-order valence-corrected chi connectivity index (χ0v) is 14.1. The van der Waals surface area contributed by atoms with E-state index in [0.29, 0.717) is 25.2 Å². The lowest BCUT2D eigenvalue weighted by atomic mass is 10.1. The Kier molecular flexibility index (Phi) is 3.95. The molecule has 25 heavy (non-hydrogen) atoms. The van der Waals surface area contributed by atoms with E-state index in [1.807, 2.05) is 41.0 Å². The molecule has 0 aliphatic carbocycles. The second-order valence-corrected chi connectivity index (χ2v) is 6.67. The van der Waals surface area contributed by atoms with Gasteiger partial charge in [-0.1, -0.05) is 6.07 Å². The molecule has 2 aliphatic rings. The maximum atomic E-state index is 12.8. The van der Waals surface area contributed by atoms with Crippen LogP contribution >= 0.6 is 0 Å². The van der Waals surface area contributed by atoms with Crippen LogP contribution in [0.2, 0.25) is 0 Å². The maximum absolute atomic E-state index is 12.8. The minimum atomic E-state index is -0.0743. The van der Waals surface area contributed by atoms with Crippen molar-refractivity contribution in [3.05, 3.63) is 59.7 Å². The highest BCUT2D eigenvalue weighted by molar-refractivity contribution is 5.94. The first-order valence-electron chi connectivity index (χ1n) is 8.56. The Labute approximate surface area is 146 Å². The maximum Gasteiger partial charge on any atom is 0.272 e. The van der Waals surface area contributed by atoms with Gasteiger partial charge >= 0.3 is 0 Å². The van der Waals surface area contributed by atoms with E-state index >= 15 is 0 Å². The van der Waals surface area contributed by atoms with Crippen LogP contribution in [0.25, 0.3) is 0 Å². The first-order chi connectivity index (χ1) is 12.1. The molecule has 2 aromatic heterocycles. The zero-order valence-electron chi connectivity index (χ0n) is 14.1. The predicted molar refractivity (Wildman–Crippen MR) is 91.6 cm³/mol. The van der Waals surface area contributed by atoms with E-state index in [0.717, 1.165) is 17.7 Å². The van der Waals surface area contributed by atoms with Crippen LogP contribution in [-0.4, -0.2) is 50.2 Å². The number of aromatic nitrogens is 2. The normalized spacial score (nSPS) is 22.4. The summed E-state index contributed by atoms with van der Waals surface area (Å²) in [6, 6.07) is 9.36. The van der Waals surface area contributed by atoms with Crippen molar-refractivity contribution < 1.29 is 9.59 Å². The number of carbonyl (C=O) groups is 2. The SMILES string of the molecule is Cc1cccc(C(=O)N2CC[C@H]3[C@H]2CC(=O)N3Cc2ccncc2)n1. The van der Waals surface area contributed by atoms with Crippen LogP contribution in [0.1, 0.15) is 34.6 Å². The summed E-state index contributed by atoms with van der Waals surface area (Å²) < 4.78 is 0. The Balaban J connectivity index is 1.52. The molecule has 4 heterocycles. The third-order valence-corrected chi connectivity index (χ3v) is 5.09. The summed E-state index contributed by atoms with van der Waals surface area (Å²) in [4.78, 5) is 37.4. The Morgan fingerprint density at radius 2 is 2.00 bits per heavy atom. The van der Waals surface area contributed by atoms with Gasteiger partial charge in [0.05, 0.1) is 12.1 Å². The number of pyridine rings is 2. The van der Waals surface area contributed by atoms with Crippen molar-refractivity contribution >= 4 is 11.8 Å². The summed E-state index contributed by atoms with van der Waals surface area (Å²) in [7, 11) is 0. The van der Waals surface area contributed by atoms with E-state index in [2.05, 4.69) is 9.97 Å². The molecule has 0 bridgehead atoms. The van der Waals surface area contributed by atoms with Crippen LogP contribution in [0.3, 0.4) is 0 Å². The highest BCUT2D eigenvalue weighted by atomic mass is 16.2. The quantitative estimate of drug-likeness (QED) is 0.857. The third kappa shape index (κ3) is 2.88. The summed E-state index contributed by atoms with van der Waals surface area (Å²) >= 11 is 0. The Morgan fingerprint density at radius 1 is 1.20 bits per heavy atom. The molecule has 2 aromatic rings. The Morgan fingerprint density at radius 3 is 2.76 bits per heavy atom. The Bertz CT molecular complexity index is 808. The largest absolute Gasteiger partial charge is 0.333 e. The van der Waals surface area contributed by atoms with E-state index in [-0.39, 0.29) is 23.9 Å². The van der Waals surface area contributed by atoms with Gasteiger partial charge in [0.15, 0.2) is 0 Å². The van der Waals surface area contributed by atoms with Crippen molar-refractivity contribution in [2.75, 3.05) is 6.54 Å². The van der Waals surface area contributed by atoms with Gasteiger partial charge < -0.3 is 9.80 Å². The van der Waals surface area contributed by atoms with Crippen molar-refractivity contribution in [3.63, 3.8) is 0 Å². The fourth-order valence-corrected chi connectivity index (χ4v) is 3.88. The monoisotopic (exact) mass is 336 g/mol. The van der Waals surface area contributed by atoms with Gasteiger partial charge in [0.25, 0.3) is 5.91 Å². The summed E-state index contributed by atoms with van der Waals surface area (Å²) in [5.41, 5.74) is 2.35. The summed E-state index contributed by atoms with van der Waals surface area (Å²) in [5, 5.41) is 0. The molecule has 2 aliphatic heterocycles. The minimum absolute atomic E-state index is 0.0517. The molecule has 2 saturated heterocycles. The summed E-state index contributed by atoms with van der Waals surface area (Å²) in [6.07, 6.45) is 4.69. The number of hydrogen-bond donors (Lipinski definition) is 0. The molecule has 2 atom stereocenters. The lowest BCUT2D eigenvalue weighted by molar-refractivity contribution is -0.129. The first kappa shape index (κ1) is 15.7. The molecule has 6 heteroatoms. The van der Waals surface area contributed by atoms with Crippen molar-refractivity contribution in [1.82, 2.24) is 19.8 Å². The number of hydrogen-bond acceptors (Lipinski definition) is 4. The molecule has 0 saturated carbocycles. The number of amides is 2. The van der Waals surface area contributed by atoms with Gasteiger partial charge in [0, 0.05) is 37.6 Å². The van der Waals surface area contributed by atoms with E-state index in [9.17, 15) is 9.59 Å². The van der Waals surface area contributed by atoms with Crippen molar-refractivity contribution in [2.24, 2.45) is 0 Å². The van der Waals surface area contributed by atoms with Crippen LogP contribution < -0.4 is 0 Å². The standard InChI is InChI=1S/C19H20N4O2/c1-13-3-2-4-15(21-13)19(25)22-10-7-16-17(22)11-18(24)23(16)12-14-5-8-20-9-6-14/h2-6,8-9,16-17H,7,10-12H2,1H3/t16-,17+/m0/s1. The average Bonchev–Trinajstić information content (AvgIpc) is 3.15. The van der Waals surface area contributed by atoms with E-state index < -0.39 is 0 Å². The van der Waals surface area contributed by atoms with Crippen LogP contribution in [0, 0.1) is 6.92 Å². The molecule has 6 nitrogen and oxygen atoms in total. The second kappa shape index (κ2) is 6.27. The molecule has 0 N–H and O–H groups in total. The molecule has 0 aromatic carbocycles. The van der Waals surface area contributed by atoms with Crippen LogP contribution in [0.15, 0.2) is 42.7 Å². The highest BCUT2D eigenvalue weighted by Gasteiger charge is 2.48. The van der Waals surface area contributed by atoms with E-state index in [1.54, 1.807) is 18.5 Å². The fourth-order valence-electron chi connectivity index (χ4n) is 3.88. The zero-order chi connectivity index (χ0) is 17.4. The fraction of sp³-hybridized carbons (Fsp3) is 0.368. The van der Waals surface area contributed by atoms with Crippen LogP contribution in [0.5, 0.6) is 0 Å². The summed E-state index contributed by atoms with van der Waals surface area (Å²) in [6.45, 7) is 3.12. The number of likely N-dealkylation sites (tertiary alicyclic amines) is 2. The van der Waals surface area contributed by atoms with E-state index in [4.69, 9.17) is 0 Å².